The van der Waals surface area contributed by atoms with E-state index in [0.29, 0.717) is 0 Å². The van der Waals surface area contributed by atoms with Crippen LogP contribution in [0, 0.1) is 29.1 Å². The second-order valence-corrected chi connectivity index (χ2v) is 14.0. The van der Waals surface area contributed by atoms with E-state index >= 15 is 0 Å². The van der Waals surface area contributed by atoms with Crippen LogP contribution >= 0.6 is 10.3 Å². The Morgan fingerprint density at radius 3 is 1.45 bits per heavy atom. The number of ether oxygens (including phenoxy) is 2. The van der Waals surface area contributed by atoms with E-state index in [4.69, 9.17) is 13.1 Å². The topological polar surface area (TPSA) is 78.9 Å². The largest absolute Gasteiger partial charge is 0.514 e. The van der Waals surface area contributed by atoms with Gasteiger partial charge in [-0.1, -0.05) is 36.4 Å². The fourth-order valence-electron chi connectivity index (χ4n) is 3.79. The summed E-state index contributed by atoms with van der Waals surface area (Å²) in [4.78, 5) is 10.5. The van der Waals surface area contributed by atoms with Crippen LogP contribution in [0.4, 0.5) is 26.7 Å². The maximum absolute atomic E-state index is 14.7. The van der Waals surface area contributed by atoms with Gasteiger partial charge in [0.1, 0.15) is 11.4 Å². The van der Waals surface area contributed by atoms with Crippen LogP contribution < -0.4 is 4.74 Å². The summed E-state index contributed by atoms with van der Waals surface area (Å²) in [5.41, 5.74) is -0.844. The summed E-state index contributed by atoms with van der Waals surface area (Å²) in [6.45, 7) is 4.91. The number of hydrogen-bond acceptors (Lipinski definition) is 6. The molecule has 0 bridgehead atoms. The monoisotopic (exact) mass is 626 g/mol. The molecule has 222 valence electrons. The van der Waals surface area contributed by atoms with E-state index in [1.54, 1.807) is 57.2 Å². The van der Waals surface area contributed by atoms with Crippen molar-refractivity contribution in [3.63, 3.8) is 0 Å². The number of benzene rings is 4. The molecule has 0 saturated heterocycles. The molecule has 0 saturated carbocycles. The molecule has 4 aromatic carbocycles. The predicted octanol–water partition coefficient (Wildman–Crippen LogP) is 8.30. The van der Waals surface area contributed by atoms with E-state index in [1.165, 1.54) is 48.5 Å². The van der Waals surface area contributed by atoms with Gasteiger partial charge in [0, 0.05) is 14.7 Å². The van der Waals surface area contributed by atoms with E-state index in [9.17, 15) is 35.2 Å². The lowest BCUT2D eigenvalue weighted by Crippen LogP contribution is -2.25. The van der Waals surface area contributed by atoms with Crippen molar-refractivity contribution in [2.75, 3.05) is 0 Å². The number of rotatable bonds is 7. The highest BCUT2D eigenvalue weighted by atomic mass is 32.3. The van der Waals surface area contributed by atoms with Gasteiger partial charge in [-0.25, -0.2) is 30.4 Å². The standard InChI is InChI=1S/C29H23F5O6S2/c1-29(2,3)39-28(35)38-18-14-16-21(17-15-18)41(19-10-6-4-7-11-19,20-12-8-5-9-13-20)40-42(36,37)27-25(33)23(31)22(30)24(32)26(27)34/h4-17H,1-3H3. The minimum atomic E-state index is -5.70. The maximum Gasteiger partial charge on any atom is 0.514 e. The summed E-state index contributed by atoms with van der Waals surface area (Å²) in [6, 6.07) is 20.7. The molecule has 0 aromatic heterocycles. The summed E-state index contributed by atoms with van der Waals surface area (Å²) in [7, 11) is -9.21. The minimum absolute atomic E-state index is 0.00467. The second kappa shape index (κ2) is 11.7. The number of carbonyl (C=O) groups is 1. The van der Waals surface area contributed by atoms with Gasteiger partial charge < -0.3 is 9.47 Å². The predicted molar refractivity (Wildman–Crippen MR) is 143 cm³/mol. The molecule has 13 heteroatoms. The van der Waals surface area contributed by atoms with Gasteiger partial charge >= 0.3 is 16.3 Å². The molecule has 0 unspecified atom stereocenters. The lowest BCUT2D eigenvalue weighted by molar-refractivity contribution is 0.0206. The molecule has 6 nitrogen and oxygen atoms in total. The highest BCUT2D eigenvalue weighted by molar-refractivity contribution is 8.33. The number of halogens is 5. The van der Waals surface area contributed by atoms with Crippen molar-refractivity contribution in [3.05, 3.63) is 114 Å². The normalized spacial score (nSPS) is 12.6. The van der Waals surface area contributed by atoms with Crippen LogP contribution in [0.1, 0.15) is 20.8 Å². The highest BCUT2D eigenvalue weighted by Gasteiger charge is 2.42. The molecule has 4 aromatic rings. The van der Waals surface area contributed by atoms with E-state index < -0.39 is 66.2 Å². The summed E-state index contributed by atoms with van der Waals surface area (Å²) >= 11 is 0. The van der Waals surface area contributed by atoms with Crippen molar-refractivity contribution in [1.82, 2.24) is 0 Å². The Kier molecular flexibility index (Phi) is 8.67. The van der Waals surface area contributed by atoms with Crippen LogP contribution in [0.15, 0.2) is 105 Å². The Morgan fingerprint density at radius 2 is 1.02 bits per heavy atom. The summed E-state index contributed by atoms with van der Waals surface area (Å²) < 4.78 is 114. The lowest BCUT2D eigenvalue weighted by Gasteiger charge is -2.39. The molecule has 0 aliphatic carbocycles. The highest BCUT2D eigenvalue weighted by Crippen LogP contribution is 2.70. The Bertz CT molecular complexity index is 1640. The molecule has 0 fully saturated rings. The quantitative estimate of drug-likeness (QED) is 0.0675. The summed E-state index contributed by atoms with van der Waals surface area (Å²) in [6.07, 6.45) is -1.01. The molecular weight excluding hydrogens is 603 g/mol. The number of hydrogen-bond donors (Lipinski definition) is 0. The van der Waals surface area contributed by atoms with E-state index in [1.807, 2.05) is 0 Å². The van der Waals surface area contributed by atoms with Crippen LogP contribution in [0.5, 0.6) is 5.75 Å². The van der Waals surface area contributed by atoms with Gasteiger partial charge in [0.25, 0.3) is 0 Å². The fraction of sp³-hybridized carbons (Fsp3) is 0.138. The third-order valence-electron chi connectivity index (χ3n) is 5.51. The van der Waals surface area contributed by atoms with Crippen molar-refractivity contribution < 1.29 is 48.3 Å². The molecule has 0 N–H and O–H groups in total. The molecule has 42 heavy (non-hydrogen) atoms. The molecule has 0 heterocycles. The Balaban J connectivity index is 1.94. The fourth-order valence-corrected chi connectivity index (χ4v) is 9.11. The molecule has 0 aliphatic rings. The Morgan fingerprint density at radius 1 is 0.619 bits per heavy atom. The van der Waals surface area contributed by atoms with Gasteiger partial charge in [-0.05, 0) is 79.6 Å². The molecule has 0 aliphatic heterocycles. The van der Waals surface area contributed by atoms with Gasteiger partial charge in [-0.15, -0.1) is 0 Å². The molecule has 4 rings (SSSR count). The van der Waals surface area contributed by atoms with Gasteiger partial charge in [0.05, 0.1) is 0 Å². The van der Waals surface area contributed by atoms with Crippen LogP contribution in [0.2, 0.25) is 0 Å². The van der Waals surface area contributed by atoms with Crippen LogP contribution in [0.3, 0.4) is 0 Å². The second-order valence-electron chi connectivity index (χ2n) is 9.64. The van der Waals surface area contributed by atoms with Crippen LogP contribution in [-0.2, 0) is 18.5 Å². The zero-order valence-corrected chi connectivity index (χ0v) is 23.9. The first-order valence-electron chi connectivity index (χ1n) is 12.1. The SMILES string of the molecule is CC(C)(C)OC(=O)Oc1ccc(S(OS(=O)(=O)c2c(F)c(F)c(F)c(F)c2F)(c2ccccc2)c2ccccc2)cc1. The van der Waals surface area contributed by atoms with Crippen molar-refractivity contribution in [3.8, 4) is 5.75 Å². The zero-order chi connectivity index (χ0) is 30.9. The number of carbonyl (C=O) groups excluding carboxylic acids is 1. The first-order valence-corrected chi connectivity index (χ1v) is 15.1. The average Bonchev–Trinajstić information content (AvgIpc) is 2.94. The van der Waals surface area contributed by atoms with Crippen molar-refractivity contribution >= 4 is 26.6 Å². The molecule has 0 spiro atoms. The maximum atomic E-state index is 14.7. The third kappa shape index (κ3) is 6.13. The first kappa shape index (κ1) is 31.0. The smallest absolute Gasteiger partial charge is 0.428 e. The van der Waals surface area contributed by atoms with Crippen molar-refractivity contribution in [1.29, 1.82) is 0 Å². The Labute approximate surface area is 240 Å². The molecular formula is C29H23F5O6S2. The van der Waals surface area contributed by atoms with Crippen molar-refractivity contribution in [2.24, 2.45) is 0 Å². The van der Waals surface area contributed by atoms with Gasteiger partial charge in [-0.2, -0.15) is 8.42 Å². The van der Waals surface area contributed by atoms with E-state index in [-0.39, 0.29) is 20.4 Å². The molecule has 0 radical (unpaired) electrons. The minimum Gasteiger partial charge on any atom is -0.428 e. The Hall–Kier alpha value is -3.94. The van der Waals surface area contributed by atoms with Crippen molar-refractivity contribution in [2.45, 2.75) is 46.0 Å². The molecule has 0 atom stereocenters. The first-order chi connectivity index (χ1) is 19.7. The molecule has 0 amide bonds. The summed E-state index contributed by atoms with van der Waals surface area (Å²) in [5, 5.41) is 0. The van der Waals surface area contributed by atoms with Gasteiger partial charge in [-0.3, -0.25) is 0 Å². The van der Waals surface area contributed by atoms with E-state index in [2.05, 4.69) is 0 Å². The van der Waals surface area contributed by atoms with Gasteiger partial charge in [0.15, 0.2) is 28.2 Å². The third-order valence-corrected chi connectivity index (χ3v) is 10.7. The van der Waals surface area contributed by atoms with Gasteiger partial charge in [0.2, 0.25) is 5.82 Å². The lowest BCUT2D eigenvalue weighted by atomic mass is 10.2. The van der Waals surface area contributed by atoms with Crippen LogP contribution in [-0.4, -0.2) is 20.2 Å². The summed E-state index contributed by atoms with van der Waals surface area (Å²) in [5.74, 6) is -12.5. The van der Waals surface area contributed by atoms with Crippen LogP contribution in [0.25, 0.3) is 0 Å². The zero-order valence-electron chi connectivity index (χ0n) is 22.2. The van der Waals surface area contributed by atoms with E-state index in [0.717, 1.165) is 0 Å². The average molecular weight is 627 g/mol.